The lowest BCUT2D eigenvalue weighted by Crippen LogP contribution is -2.07. The predicted molar refractivity (Wildman–Crippen MR) is 76.9 cm³/mol. The molecule has 0 spiro atoms. The molecule has 0 saturated heterocycles. The standard InChI is InChI=1S/C14H11Cl2NO3/c15-10-6-11(14(18)19)13(12(16)7-10)20-5-3-9-2-1-4-17-8-9/h1-2,4,6-8H,3,5H2,(H,18,19). The molecule has 0 aliphatic rings. The maximum Gasteiger partial charge on any atom is 0.339 e. The number of aromatic nitrogens is 1. The Bertz CT molecular complexity index is 617. The molecule has 0 saturated carbocycles. The smallest absolute Gasteiger partial charge is 0.339 e. The van der Waals surface area contributed by atoms with Gasteiger partial charge in [0.15, 0.2) is 5.75 Å². The van der Waals surface area contributed by atoms with E-state index in [4.69, 9.17) is 33.0 Å². The van der Waals surface area contributed by atoms with Gasteiger partial charge in [0.05, 0.1) is 11.6 Å². The summed E-state index contributed by atoms with van der Waals surface area (Å²) in [7, 11) is 0. The Morgan fingerprint density at radius 1 is 1.35 bits per heavy atom. The summed E-state index contributed by atoms with van der Waals surface area (Å²) in [4.78, 5) is 15.1. The first kappa shape index (κ1) is 14.6. The lowest BCUT2D eigenvalue weighted by molar-refractivity contribution is 0.0692. The van der Waals surface area contributed by atoms with Crippen molar-refractivity contribution >= 4 is 29.2 Å². The van der Waals surface area contributed by atoms with Gasteiger partial charge >= 0.3 is 5.97 Å². The van der Waals surface area contributed by atoms with Crippen LogP contribution in [0.2, 0.25) is 10.0 Å². The summed E-state index contributed by atoms with van der Waals surface area (Å²) in [6.45, 7) is 0.299. The van der Waals surface area contributed by atoms with Gasteiger partial charge in [-0.1, -0.05) is 29.3 Å². The van der Waals surface area contributed by atoms with Gasteiger partial charge in [0.2, 0.25) is 0 Å². The van der Waals surface area contributed by atoms with E-state index < -0.39 is 5.97 Å². The van der Waals surface area contributed by atoms with Gasteiger partial charge in [0, 0.05) is 23.8 Å². The molecule has 1 heterocycles. The molecule has 0 unspecified atom stereocenters. The maximum atomic E-state index is 11.2. The molecule has 2 aromatic rings. The summed E-state index contributed by atoms with van der Waals surface area (Å²) in [5.41, 5.74) is 0.947. The average Bonchev–Trinajstić information content (AvgIpc) is 2.41. The molecule has 0 amide bonds. The fourth-order valence-electron chi connectivity index (χ4n) is 1.68. The summed E-state index contributed by atoms with van der Waals surface area (Å²) < 4.78 is 5.49. The van der Waals surface area contributed by atoms with E-state index in [0.717, 1.165) is 5.56 Å². The highest BCUT2D eigenvalue weighted by Crippen LogP contribution is 2.32. The molecule has 0 bridgehead atoms. The number of benzene rings is 1. The highest BCUT2D eigenvalue weighted by molar-refractivity contribution is 6.36. The first-order valence-corrected chi connectivity index (χ1v) is 6.57. The fourth-order valence-corrected chi connectivity index (χ4v) is 2.23. The highest BCUT2D eigenvalue weighted by atomic mass is 35.5. The average molecular weight is 312 g/mol. The number of hydrogen-bond acceptors (Lipinski definition) is 3. The minimum Gasteiger partial charge on any atom is -0.491 e. The number of carboxylic acid groups (broad SMARTS) is 1. The quantitative estimate of drug-likeness (QED) is 0.914. The van der Waals surface area contributed by atoms with Crippen LogP contribution < -0.4 is 4.74 Å². The van der Waals surface area contributed by atoms with Crippen LogP contribution in [0.15, 0.2) is 36.7 Å². The van der Waals surface area contributed by atoms with Crippen molar-refractivity contribution < 1.29 is 14.6 Å². The van der Waals surface area contributed by atoms with Gasteiger partial charge in [-0.3, -0.25) is 4.98 Å². The fraction of sp³-hybridized carbons (Fsp3) is 0.143. The Balaban J connectivity index is 2.11. The van der Waals surface area contributed by atoms with Crippen LogP contribution in [0, 0.1) is 0 Å². The van der Waals surface area contributed by atoms with E-state index in [-0.39, 0.29) is 21.4 Å². The predicted octanol–water partition coefficient (Wildman–Crippen LogP) is 3.71. The van der Waals surface area contributed by atoms with Gasteiger partial charge < -0.3 is 9.84 Å². The van der Waals surface area contributed by atoms with Crippen molar-refractivity contribution in [2.45, 2.75) is 6.42 Å². The largest absolute Gasteiger partial charge is 0.491 e. The minimum absolute atomic E-state index is 0.0475. The van der Waals surface area contributed by atoms with Gasteiger partial charge in [-0.05, 0) is 23.8 Å². The van der Waals surface area contributed by atoms with Crippen molar-refractivity contribution in [3.05, 3.63) is 57.8 Å². The molecule has 104 valence electrons. The van der Waals surface area contributed by atoms with Gasteiger partial charge in [-0.25, -0.2) is 4.79 Å². The molecule has 0 fully saturated rings. The van der Waals surface area contributed by atoms with E-state index in [9.17, 15) is 4.79 Å². The van der Waals surface area contributed by atoms with E-state index in [1.807, 2.05) is 12.1 Å². The van der Waals surface area contributed by atoms with Crippen molar-refractivity contribution in [3.63, 3.8) is 0 Å². The van der Waals surface area contributed by atoms with Crippen LogP contribution in [0.1, 0.15) is 15.9 Å². The molecule has 4 nitrogen and oxygen atoms in total. The van der Waals surface area contributed by atoms with E-state index in [1.165, 1.54) is 12.1 Å². The third-order valence-corrected chi connectivity index (χ3v) is 3.10. The van der Waals surface area contributed by atoms with Crippen LogP contribution in [0.25, 0.3) is 0 Å². The maximum absolute atomic E-state index is 11.2. The second-order valence-corrected chi connectivity index (χ2v) is 4.87. The van der Waals surface area contributed by atoms with E-state index in [0.29, 0.717) is 13.0 Å². The van der Waals surface area contributed by atoms with E-state index >= 15 is 0 Å². The Kier molecular flexibility index (Phi) is 4.82. The normalized spacial score (nSPS) is 10.3. The van der Waals surface area contributed by atoms with Gasteiger partial charge in [0.1, 0.15) is 5.56 Å². The summed E-state index contributed by atoms with van der Waals surface area (Å²) >= 11 is 11.8. The van der Waals surface area contributed by atoms with Crippen LogP contribution in [0.5, 0.6) is 5.75 Å². The van der Waals surface area contributed by atoms with Crippen LogP contribution in [0.3, 0.4) is 0 Å². The van der Waals surface area contributed by atoms with Gasteiger partial charge in [-0.15, -0.1) is 0 Å². The van der Waals surface area contributed by atoms with Gasteiger partial charge in [0.25, 0.3) is 0 Å². The Hall–Kier alpha value is -1.78. The zero-order chi connectivity index (χ0) is 14.5. The molecule has 6 heteroatoms. The van der Waals surface area contributed by atoms with E-state index in [2.05, 4.69) is 4.98 Å². The SMILES string of the molecule is O=C(O)c1cc(Cl)cc(Cl)c1OCCc1cccnc1. The zero-order valence-corrected chi connectivity index (χ0v) is 11.9. The number of aromatic carboxylic acids is 1. The molecular weight excluding hydrogens is 301 g/mol. The number of nitrogens with zero attached hydrogens (tertiary/aromatic N) is 1. The summed E-state index contributed by atoms with van der Waals surface area (Å²) in [6, 6.07) is 6.51. The topological polar surface area (TPSA) is 59.4 Å². The van der Waals surface area contributed by atoms with Crippen molar-refractivity contribution in [3.8, 4) is 5.75 Å². The highest BCUT2D eigenvalue weighted by Gasteiger charge is 2.16. The molecule has 0 radical (unpaired) electrons. The van der Waals surface area contributed by atoms with Gasteiger partial charge in [-0.2, -0.15) is 0 Å². The number of halogens is 2. The number of hydrogen-bond donors (Lipinski definition) is 1. The van der Waals surface area contributed by atoms with E-state index in [1.54, 1.807) is 12.4 Å². The molecule has 0 aliphatic heterocycles. The number of carboxylic acids is 1. The lowest BCUT2D eigenvalue weighted by atomic mass is 10.2. The lowest BCUT2D eigenvalue weighted by Gasteiger charge is -2.11. The van der Waals surface area contributed by atoms with Crippen molar-refractivity contribution in [1.82, 2.24) is 4.98 Å². The molecule has 1 aromatic carbocycles. The second-order valence-electron chi connectivity index (χ2n) is 4.03. The van der Waals surface area contributed by atoms with Crippen LogP contribution in [0.4, 0.5) is 0 Å². The van der Waals surface area contributed by atoms with Crippen molar-refractivity contribution in [1.29, 1.82) is 0 Å². The Labute approximate surface area is 125 Å². The Morgan fingerprint density at radius 3 is 2.80 bits per heavy atom. The van der Waals surface area contributed by atoms with Crippen LogP contribution >= 0.6 is 23.2 Å². The molecule has 0 atom stereocenters. The number of carbonyl (C=O) groups is 1. The van der Waals surface area contributed by atoms with Crippen molar-refractivity contribution in [2.75, 3.05) is 6.61 Å². The third-order valence-electron chi connectivity index (χ3n) is 2.60. The summed E-state index contributed by atoms with van der Waals surface area (Å²) in [5.74, 6) is -1.00. The first-order chi connectivity index (χ1) is 9.58. The number of ether oxygens (including phenoxy) is 1. The van der Waals surface area contributed by atoms with Crippen LogP contribution in [-0.2, 0) is 6.42 Å². The molecule has 1 aromatic heterocycles. The second kappa shape index (κ2) is 6.59. The van der Waals surface area contributed by atoms with Crippen molar-refractivity contribution in [2.24, 2.45) is 0 Å². The minimum atomic E-state index is -1.13. The molecule has 0 aliphatic carbocycles. The van der Waals surface area contributed by atoms with Crippen LogP contribution in [-0.4, -0.2) is 22.7 Å². The first-order valence-electron chi connectivity index (χ1n) is 5.82. The zero-order valence-electron chi connectivity index (χ0n) is 10.3. The number of rotatable bonds is 5. The molecule has 1 N–H and O–H groups in total. The summed E-state index contributed by atoms with van der Waals surface area (Å²) in [6.07, 6.45) is 4.01. The number of pyridine rings is 1. The monoisotopic (exact) mass is 311 g/mol. The summed E-state index contributed by atoms with van der Waals surface area (Å²) in [5, 5.41) is 9.56. The molecule has 20 heavy (non-hydrogen) atoms. The molecular formula is C14H11Cl2NO3. The molecule has 2 rings (SSSR count). The Morgan fingerprint density at radius 2 is 2.15 bits per heavy atom. The third kappa shape index (κ3) is 3.62.